The minimum absolute atomic E-state index is 0.0422. The lowest BCUT2D eigenvalue weighted by molar-refractivity contribution is -0.194. The van der Waals surface area contributed by atoms with E-state index in [1.54, 1.807) is 0 Å². The molecule has 0 unspecified atom stereocenters. The van der Waals surface area contributed by atoms with Crippen molar-refractivity contribution in [2.75, 3.05) is 13.3 Å². The highest BCUT2D eigenvalue weighted by Gasteiger charge is 2.64. The topological polar surface area (TPSA) is 114 Å². The van der Waals surface area contributed by atoms with Gasteiger partial charge in [0.15, 0.2) is 11.5 Å². The Morgan fingerprint density at radius 3 is 2.57 bits per heavy atom. The van der Waals surface area contributed by atoms with Crippen LogP contribution in [0.25, 0.3) is 0 Å². The number of urea groups is 1. The predicted molar refractivity (Wildman–Crippen MR) is 160 cm³/mol. The number of rotatable bonds is 7. The molecular weight excluding hydrogens is 552 g/mol. The van der Waals surface area contributed by atoms with Crippen LogP contribution < -0.4 is 19.5 Å². The van der Waals surface area contributed by atoms with Gasteiger partial charge in [0.1, 0.15) is 0 Å². The van der Waals surface area contributed by atoms with E-state index in [1.165, 1.54) is 69.6 Å². The van der Waals surface area contributed by atoms with Crippen LogP contribution in [0.3, 0.4) is 0 Å². The number of fused-ring (bicyclic) bond motifs is 6. The fourth-order valence-electron chi connectivity index (χ4n) is 10.9. The maximum absolute atomic E-state index is 12.8. The van der Waals surface area contributed by atoms with Crippen LogP contribution in [0, 0.1) is 52.3 Å². The van der Waals surface area contributed by atoms with Crippen molar-refractivity contribution in [1.29, 1.82) is 0 Å². The van der Waals surface area contributed by atoms with E-state index in [9.17, 15) is 18.3 Å². The second kappa shape index (κ2) is 11.2. The van der Waals surface area contributed by atoms with Gasteiger partial charge in [-0.1, -0.05) is 47.0 Å². The molecule has 1 aromatic carbocycles. The molecular formula is C33H50N2O6S. The van der Waals surface area contributed by atoms with Gasteiger partial charge in [-0.2, -0.15) is 0 Å². The van der Waals surface area contributed by atoms with Crippen LogP contribution in [0.4, 0.5) is 4.79 Å². The zero-order chi connectivity index (χ0) is 29.9. The number of benzene rings is 1. The third-order valence-corrected chi connectivity index (χ3v) is 14.2. The van der Waals surface area contributed by atoms with Crippen molar-refractivity contribution in [2.24, 2.45) is 52.3 Å². The maximum Gasteiger partial charge on any atom is 0.328 e. The summed E-state index contributed by atoms with van der Waals surface area (Å²) in [5.41, 5.74) is 0.564. The number of nitrogens with one attached hydrogen (secondary N) is 2. The number of ether oxygens (including phenoxy) is 2. The minimum Gasteiger partial charge on any atom is -0.454 e. The lowest BCUT2D eigenvalue weighted by Gasteiger charge is -2.64. The van der Waals surface area contributed by atoms with Gasteiger partial charge in [-0.3, -0.25) is 0 Å². The molecule has 8 nitrogen and oxygen atoms in total. The van der Waals surface area contributed by atoms with E-state index in [1.807, 2.05) is 0 Å². The van der Waals surface area contributed by atoms with Gasteiger partial charge in [0, 0.05) is 12.6 Å². The number of aliphatic hydroxyl groups excluding tert-OH is 1. The molecule has 42 heavy (non-hydrogen) atoms. The molecule has 4 fully saturated rings. The monoisotopic (exact) mass is 602 g/mol. The Kier molecular flexibility index (Phi) is 7.99. The van der Waals surface area contributed by atoms with Crippen molar-refractivity contribution in [1.82, 2.24) is 10.0 Å². The molecule has 10 atom stereocenters. The van der Waals surface area contributed by atoms with Crippen molar-refractivity contribution < 1.29 is 27.8 Å². The molecule has 0 radical (unpaired) electrons. The first-order chi connectivity index (χ1) is 20.0. The third kappa shape index (κ3) is 4.90. The second-order valence-electron chi connectivity index (χ2n) is 14.6. The first-order valence-electron chi connectivity index (χ1n) is 16.4. The average molecular weight is 603 g/mol. The number of amides is 2. The van der Waals surface area contributed by atoms with E-state index in [2.05, 4.69) is 37.7 Å². The standard InChI is InChI=1S/C33H50N2O6S/c1-5-22-24-8-6-7-15-32(24,3)26-13-16-33(4)23(10-11-25(33)29(26)30(22)36)20(2)14-17-34-31(37)35-42(38,39)21-9-12-27-28(18-21)41-19-40-27/h9,12,18,20,22-26,29-30,36H,5-8,10-11,13-17,19H2,1-4H3,(H2,34,35,37)/t20-,22-,23-,24+,25+,26+,29+,30-,32+,33-/m1/s1. The highest BCUT2D eigenvalue weighted by molar-refractivity contribution is 7.90. The molecule has 4 saturated carbocycles. The van der Waals surface area contributed by atoms with Gasteiger partial charge in [0.2, 0.25) is 6.79 Å². The van der Waals surface area contributed by atoms with Gasteiger partial charge in [-0.25, -0.2) is 17.9 Å². The van der Waals surface area contributed by atoms with Gasteiger partial charge in [-0.05, 0) is 109 Å². The molecule has 1 heterocycles. The Bertz CT molecular complexity index is 1290. The van der Waals surface area contributed by atoms with E-state index in [0.29, 0.717) is 64.9 Å². The molecule has 0 aromatic heterocycles. The number of carbonyl (C=O) groups is 1. The summed E-state index contributed by atoms with van der Waals surface area (Å²) in [5, 5.41) is 14.7. The van der Waals surface area contributed by atoms with Crippen LogP contribution in [0.5, 0.6) is 11.5 Å². The SMILES string of the molecule is CC[C@H]1[C@@H](O)[C@@H]2[C@H](CC[C@]3(C)[C@@H]([C@H](C)CCNC(=O)NS(=O)(=O)c4ccc5c(c4)OCO5)CC[C@@H]23)[C@@]2(C)CCCC[C@@H]12. The Balaban J connectivity index is 1.07. The lowest BCUT2D eigenvalue weighted by Crippen LogP contribution is -2.61. The van der Waals surface area contributed by atoms with E-state index in [-0.39, 0.29) is 23.2 Å². The summed E-state index contributed by atoms with van der Waals surface area (Å²) < 4.78 is 38.2. The first kappa shape index (κ1) is 30.0. The van der Waals surface area contributed by atoms with Crippen LogP contribution in [-0.4, -0.2) is 39.0 Å². The van der Waals surface area contributed by atoms with Crippen molar-refractivity contribution in [2.45, 2.75) is 103 Å². The van der Waals surface area contributed by atoms with Crippen molar-refractivity contribution in [3.05, 3.63) is 18.2 Å². The molecule has 2 amide bonds. The second-order valence-corrected chi connectivity index (χ2v) is 16.3. The maximum atomic E-state index is 12.8. The first-order valence-corrected chi connectivity index (χ1v) is 17.9. The van der Waals surface area contributed by atoms with Gasteiger partial charge in [-0.15, -0.1) is 0 Å². The smallest absolute Gasteiger partial charge is 0.328 e. The number of carbonyl (C=O) groups excluding carboxylic acids is 1. The van der Waals surface area contributed by atoms with Crippen molar-refractivity contribution in [3.8, 4) is 11.5 Å². The van der Waals surface area contributed by atoms with Crippen molar-refractivity contribution in [3.63, 3.8) is 0 Å². The van der Waals surface area contributed by atoms with Crippen molar-refractivity contribution >= 4 is 16.1 Å². The Morgan fingerprint density at radius 1 is 1.02 bits per heavy atom. The Hall–Kier alpha value is -2.00. The molecule has 3 N–H and O–H groups in total. The fraction of sp³-hybridized carbons (Fsp3) is 0.788. The molecule has 4 aliphatic carbocycles. The normalized spacial score (nSPS) is 39.5. The van der Waals surface area contributed by atoms with E-state index < -0.39 is 16.1 Å². The molecule has 0 bridgehead atoms. The van der Waals surface area contributed by atoms with Gasteiger partial charge >= 0.3 is 6.03 Å². The zero-order valence-electron chi connectivity index (χ0n) is 25.7. The van der Waals surface area contributed by atoms with Gasteiger partial charge in [0.25, 0.3) is 10.0 Å². The van der Waals surface area contributed by atoms with E-state index in [0.717, 1.165) is 12.8 Å². The van der Waals surface area contributed by atoms with Crippen LogP contribution in [0.1, 0.15) is 91.9 Å². The molecule has 234 valence electrons. The minimum atomic E-state index is -4.03. The fourth-order valence-corrected chi connectivity index (χ4v) is 11.8. The average Bonchev–Trinajstić information content (AvgIpc) is 3.56. The Morgan fingerprint density at radius 2 is 1.79 bits per heavy atom. The molecule has 0 saturated heterocycles. The Labute approximate surface area is 251 Å². The number of aliphatic hydroxyl groups is 1. The quantitative estimate of drug-likeness (QED) is 0.348. The van der Waals surface area contributed by atoms with Crippen LogP contribution >= 0.6 is 0 Å². The summed E-state index contributed by atoms with van der Waals surface area (Å²) >= 11 is 0. The highest BCUT2D eigenvalue weighted by Crippen LogP contribution is 2.69. The number of hydrogen-bond acceptors (Lipinski definition) is 6. The van der Waals surface area contributed by atoms with Gasteiger partial charge < -0.3 is 19.9 Å². The van der Waals surface area contributed by atoms with Crippen LogP contribution in [-0.2, 0) is 10.0 Å². The van der Waals surface area contributed by atoms with Crippen LogP contribution in [0.2, 0.25) is 0 Å². The number of sulfonamides is 1. The third-order valence-electron chi connectivity index (χ3n) is 12.9. The summed E-state index contributed by atoms with van der Waals surface area (Å²) in [6.45, 7) is 10.1. The predicted octanol–water partition coefficient (Wildman–Crippen LogP) is 6.09. The van der Waals surface area contributed by atoms with Crippen LogP contribution in [0.15, 0.2) is 23.1 Å². The summed E-state index contributed by atoms with van der Waals surface area (Å²) in [6.07, 6.45) is 11.7. The largest absolute Gasteiger partial charge is 0.454 e. The van der Waals surface area contributed by atoms with E-state index >= 15 is 0 Å². The zero-order valence-corrected chi connectivity index (χ0v) is 26.5. The van der Waals surface area contributed by atoms with Gasteiger partial charge in [0.05, 0.1) is 11.0 Å². The summed E-state index contributed by atoms with van der Waals surface area (Å²) in [5.74, 6) is 4.43. The molecule has 1 aliphatic heterocycles. The molecule has 0 spiro atoms. The molecule has 1 aromatic rings. The summed E-state index contributed by atoms with van der Waals surface area (Å²) in [7, 11) is -4.03. The van der Waals surface area contributed by atoms with E-state index in [4.69, 9.17) is 9.47 Å². The highest BCUT2D eigenvalue weighted by atomic mass is 32.2. The number of hydrogen-bond donors (Lipinski definition) is 3. The molecule has 6 rings (SSSR count). The lowest BCUT2D eigenvalue weighted by atomic mass is 9.41. The summed E-state index contributed by atoms with van der Waals surface area (Å²) in [4.78, 5) is 12.5. The summed E-state index contributed by atoms with van der Waals surface area (Å²) in [6, 6.07) is 3.58. The molecule has 9 heteroatoms. The molecule has 5 aliphatic rings.